The molecule has 0 N–H and O–H groups in total. The van der Waals surface area contributed by atoms with Crippen LogP contribution in [0.4, 0.5) is 0 Å². The number of nitrogens with zero attached hydrogens (tertiary/aromatic N) is 2. The number of fused-ring (bicyclic) bond motifs is 12. The van der Waals surface area contributed by atoms with Crippen LogP contribution >= 0.6 is 0 Å². The van der Waals surface area contributed by atoms with Crippen molar-refractivity contribution < 1.29 is 8.83 Å². The van der Waals surface area contributed by atoms with Gasteiger partial charge in [-0.25, -0.2) is 0 Å². The summed E-state index contributed by atoms with van der Waals surface area (Å²) in [6, 6.07) is 60.8. The van der Waals surface area contributed by atoms with Gasteiger partial charge in [-0.2, -0.15) is 0 Å². The van der Waals surface area contributed by atoms with Gasteiger partial charge < -0.3 is 18.0 Å². The van der Waals surface area contributed by atoms with Gasteiger partial charge in [-0.15, -0.1) is 0 Å². The van der Waals surface area contributed by atoms with E-state index < -0.39 is 0 Å². The Kier molecular flexibility index (Phi) is 5.47. The van der Waals surface area contributed by atoms with Crippen molar-refractivity contribution in [3.05, 3.63) is 170 Å². The zero-order chi connectivity index (χ0) is 33.9. The van der Waals surface area contributed by atoms with Gasteiger partial charge in [0.2, 0.25) is 0 Å². The molecular formula is C48H28N2O2. The van der Waals surface area contributed by atoms with Gasteiger partial charge in [0.25, 0.3) is 0 Å². The monoisotopic (exact) mass is 664 g/mol. The van der Waals surface area contributed by atoms with Gasteiger partial charge in [-0.3, -0.25) is 0 Å². The average Bonchev–Trinajstić information content (AvgIpc) is 3.94. The third-order valence-electron chi connectivity index (χ3n) is 10.9. The zero-order valence-electron chi connectivity index (χ0n) is 27.9. The Morgan fingerprint density at radius 1 is 0.269 bits per heavy atom. The van der Waals surface area contributed by atoms with Crippen molar-refractivity contribution in [1.82, 2.24) is 9.13 Å². The first kappa shape index (κ1) is 27.7. The summed E-state index contributed by atoms with van der Waals surface area (Å²) in [5.74, 6) is 0. The van der Waals surface area contributed by atoms with Gasteiger partial charge >= 0.3 is 0 Å². The molecule has 242 valence electrons. The highest BCUT2D eigenvalue weighted by Gasteiger charge is 2.18. The summed E-state index contributed by atoms with van der Waals surface area (Å²) in [6.45, 7) is 0. The van der Waals surface area contributed by atoms with Crippen LogP contribution in [0, 0.1) is 0 Å². The third kappa shape index (κ3) is 3.81. The van der Waals surface area contributed by atoms with Crippen molar-refractivity contribution in [3.8, 4) is 22.5 Å². The number of hydrogen-bond acceptors (Lipinski definition) is 2. The Bertz CT molecular complexity index is 3410. The largest absolute Gasteiger partial charge is 0.456 e. The minimum absolute atomic E-state index is 0.828. The van der Waals surface area contributed by atoms with Crippen molar-refractivity contribution in [2.75, 3.05) is 0 Å². The van der Waals surface area contributed by atoms with E-state index in [0.29, 0.717) is 0 Å². The fourth-order valence-electron chi connectivity index (χ4n) is 8.56. The normalized spacial score (nSPS) is 12.2. The summed E-state index contributed by atoms with van der Waals surface area (Å²) < 4.78 is 17.3. The Balaban J connectivity index is 1.04. The maximum absolute atomic E-state index is 6.38. The molecular weight excluding hydrogens is 637 g/mol. The number of aromatic nitrogens is 2. The van der Waals surface area contributed by atoms with Crippen LogP contribution in [0.3, 0.4) is 0 Å². The van der Waals surface area contributed by atoms with E-state index in [4.69, 9.17) is 8.83 Å². The second-order valence-corrected chi connectivity index (χ2v) is 13.7. The summed E-state index contributed by atoms with van der Waals surface area (Å²) in [7, 11) is 0. The van der Waals surface area contributed by atoms with E-state index in [2.05, 4.69) is 161 Å². The number of para-hydroxylation sites is 4. The SMILES string of the molecule is c1ccc(-n2c3ccccc3c3cc(-c4ccc5c(c4)c4ccccc4n5-c4ccc5oc6cc7oc8ccccc8c7cc6c5c4)ccc32)cc1. The molecule has 8 aromatic carbocycles. The molecule has 0 bridgehead atoms. The molecule has 0 aliphatic carbocycles. The van der Waals surface area contributed by atoms with Crippen LogP contribution in [0.15, 0.2) is 179 Å². The van der Waals surface area contributed by atoms with Gasteiger partial charge in [0.05, 0.1) is 22.1 Å². The second kappa shape index (κ2) is 10.3. The van der Waals surface area contributed by atoms with Crippen LogP contribution in [0.5, 0.6) is 0 Å². The molecule has 0 spiro atoms. The maximum Gasteiger partial charge on any atom is 0.139 e. The van der Waals surface area contributed by atoms with E-state index in [9.17, 15) is 0 Å². The van der Waals surface area contributed by atoms with Crippen molar-refractivity contribution in [2.45, 2.75) is 0 Å². The first-order valence-electron chi connectivity index (χ1n) is 17.7. The Hall–Kier alpha value is -7.04. The number of hydrogen-bond donors (Lipinski definition) is 0. The van der Waals surface area contributed by atoms with Crippen LogP contribution in [0.1, 0.15) is 0 Å². The molecule has 12 rings (SSSR count). The Morgan fingerprint density at radius 3 is 1.44 bits per heavy atom. The predicted molar refractivity (Wildman–Crippen MR) is 215 cm³/mol. The lowest BCUT2D eigenvalue weighted by Crippen LogP contribution is -1.93. The molecule has 0 saturated heterocycles. The van der Waals surface area contributed by atoms with Gasteiger partial charge in [0.15, 0.2) is 0 Å². The highest BCUT2D eigenvalue weighted by molar-refractivity contribution is 6.16. The molecule has 0 aliphatic heterocycles. The minimum Gasteiger partial charge on any atom is -0.456 e. The standard InChI is InChI=1S/C48H28N2O2/c1-2-10-31(11-3-1)49-41-15-7-4-12-33(41)36-24-29(18-21-43(36)49)30-19-22-44-37(25-30)34-13-5-8-16-42(34)50(44)32-20-23-46-38(26-32)40-27-39-35-14-6-9-17-45(35)51-47(39)28-48(40)52-46/h1-28H. The highest BCUT2D eigenvalue weighted by Crippen LogP contribution is 2.41. The Morgan fingerprint density at radius 2 is 0.769 bits per heavy atom. The molecule has 4 aromatic heterocycles. The molecule has 4 heteroatoms. The maximum atomic E-state index is 6.38. The van der Waals surface area contributed by atoms with Crippen molar-refractivity contribution in [2.24, 2.45) is 0 Å². The van der Waals surface area contributed by atoms with Crippen LogP contribution < -0.4 is 0 Å². The minimum atomic E-state index is 0.828. The molecule has 0 amide bonds. The van der Waals surface area contributed by atoms with E-state index in [1.54, 1.807) is 0 Å². The summed E-state index contributed by atoms with van der Waals surface area (Å²) in [4.78, 5) is 0. The number of furan rings is 2. The third-order valence-corrected chi connectivity index (χ3v) is 10.9. The van der Waals surface area contributed by atoms with Crippen molar-refractivity contribution in [3.63, 3.8) is 0 Å². The van der Waals surface area contributed by atoms with Crippen LogP contribution in [-0.4, -0.2) is 9.13 Å². The van der Waals surface area contributed by atoms with Gasteiger partial charge in [0.1, 0.15) is 22.3 Å². The molecule has 0 radical (unpaired) electrons. The van der Waals surface area contributed by atoms with Gasteiger partial charge in [-0.1, -0.05) is 84.9 Å². The average molecular weight is 665 g/mol. The summed E-state index contributed by atoms with van der Waals surface area (Å²) in [5, 5.41) is 9.35. The smallest absolute Gasteiger partial charge is 0.139 e. The van der Waals surface area contributed by atoms with E-state index >= 15 is 0 Å². The predicted octanol–water partition coefficient (Wildman–Crippen LogP) is 13.3. The lowest BCUT2D eigenvalue weighted by atomic mass is 10.0. The summed E-state index contributed by atoms with van der Waals surface area (Å²) >= 11 is 0. The molecule has 0 atom stereocenters. The van der Waals surface area contributed by atoms with Gasteiger partial charge in [-0.05, 0) is 90.0 Å². The van der Waals surface area contributed by atoms with Crippen LogP contribution in [-0.2, 0) is 0 Å². The fourth-order valence-corrected chi connectivity index (χ4v) is 8.56. The van der Waals surface area contributed by atoms with E-state index in [0.717, 1.165) is 49.6 Å². The van der Waals surface area contributed by atoms with Crippen LogP contribution in [0.2, 0.25) is 0 Å². The number of rotatable bonds is 3. The first-order chi connectivity index (χ1) is 25.8. The molecule has 0 fully saturated rings. The Labute approximate surface area is 296 Å². The van der Waals surface area contributed by atoms with Crippen LogP contribution in [0.25, 0.3) is 110 Å². The fraction of sp³-hybridized carbons (Fsp3) is 0. The second-order valence-electron chi connectivity index (χ2n) is 13.7. The molecule has 0 unspecified atom stereocenters. The summed E-state index contributed by atoms with van der Waals surface area (Å²) in [5.41, 5.74) is 12.8. The molecule has 12 aromatic rings. The quantitative estimate of drug-likeness (QED) is 0.188. The van der Waals surface area contributed by atoms with Crippen molar-refractivity contribution >= 4 is 87.5 Å². The summed E-state index contributed by atoms with van der Waals surface area (Å²) in [6.07, 6.45) is 0. The zero-order valence-corrected chi connectivity index (χ0v) is 27.9. The molecule has 52 heavy (non-hydrogen) atoms. The van der Waals surface area contributed by atoms with E-state index in [1.165, 1.54) is 60.4 Å². The molecule has 0 aliphatic rings. The van der Waals surface area contributed by atoms with Gasteiger partial charge in [0, 0.05) is 60.5 Å². The molecule has 4 nitrogen and oxygen atoms in total. The first-order valence-corrected chi connectivity index (χ1v) is 17.7. The molecule has 0 saturated carbocycles. The van der Waals surface area contributed by atoms with E-state index in [-0.39, 0.29) is 0 Å². The topological polar surface area (TPSA) is 36.1 Å². The number of benzene rings is 8. The van der Waals surface area contributed by atoms with E-state index in [1.807, 2.05) is 18.2 Å². The molecule has 4 heterocycles. The van der Waals surface area contributed by atoms with Crippen molar-refractivity contribution in [1.29, 1.82) is 0 Å². The highest BCUT2D eigenvalue weighted by atomic mass is 16.3. The lowest BCUT2D eigenvalue weighted by molar-refractivity contribution is 0.656. The lowest BCUT2D eigenvalue weighted by Gasteiger charge is -2.09.